The highest BCUT2D eigenvalue weighted by atomic mass is 32.2. The Morgan fingerprint density at radius 1 is 1.04 bits per heavy atom. The second kappa shape index (κ2) is 8.72. The van der Waals surface area contributed by atoms with Crippen molar-refractivity contribution in [2.75, 3.05) is 19.8 Å². The Morgan fingerprint density at radius 2 is 1.64 bits per heavy atom. The predicted molar refractivity (Wildman–Crippen MR) is 103 cm³/mol. The number of thioether (sulfide) groups is 1. The van der Waals surface area contributed by atoms with Gasteiger partial charge in [0.25, 0.3) is 5.91 Å². The van der Waals surface area contributed by atoms with Gasteiger partial charge in [-0.25, -0.2) is 0 Å². The van der Waals surface area contributed by atoms with Crippen LogP contribution < -0.4 is 5.32 Å². The molecule has 0 bridgehead atoms. The lowest BCUT2D eigenvalue weighted by atomic mass is 10.1. The number of amides is 2. The van der Waals surface area contributed by atoms with Gasteiger partial charge in [0.05, 0.1) is 6.54 Å². The van der Waals surface area contributed by atoms with E-state index in [9.17, 15) is 9.59 Å². The average molecular weight is 356 g/mol. The maximum absolute atomic E-state index is 12.2. The number of carbonyl (C=O) groups excluding carboxylic acids is 2. The van der Waals surface area contributed by atoms with Crippen LogP contribution in [0.2, 0.25) is 0 Å². The first kappa shape index (κ1) is 19.1. The highest BCUT2D eigenvalue weighted by molar-refractivity contribution is 7.98. The minimum Gasteiger partial charge on any atom is -0.343 e. The SMILES string of the molecule is CSc1ccc(CN(C)C(=O)CNC(=O)c2cc(C)cc(C)c2)cc1. The molecule has 0 saturated carbocycles. The second-order valence-corrected chi connectivity index (χ2v) is 7.04. The van der Waals surface area contributed by atoms with Crippen molar-refractivity contribution in [3.8, 4) is 0 Å². The Hall–Kier alpha value is -2.27. The maximum atomic E-state index is 12.2. The summed E-state index contributed by atoms with van der Waals surface area (Å²) in [5, 5.41) is 2.70. The van der Waals surface area contributed by atoms with E-state index < -0.39 is 0 Å². The largest absolute Gasteiger partial charge is 0.343 e. The number of aryl methyl sites for hydroxylation is 2. The first-order valence-electron chi connectivity index (χ1n) is 8.12. The lowest BCUT2D eigenvalue weighted by molar-refractivity contribution is -0.129. The summed E-state index contributed by atoms with van der Waals surface area (Å²) < 4.78 is 0. The predicted octanol–water partition coefficient (Wildman–Crippen LogP) is 3.41. The van der Waals surface area contributed by atoms with E-state index >= 15 is 0 Å². The van der Waals surface area contributed by atoms with E-state index in [-0.39, 0.29) is 18.4 Å². The smallest absolute Gasteiger partial charge is 0.251 e. The van der Waals surface area contributed by atoms with Crippen LogP contribution in [0.5, 0.6) is 0 Å². The van der Waals surface area contributed by atoms with Crippen molar-refractivity contribution in [3.05, 3.63) is 64.7 Å². The first-order chi connectivity index (χ1) is 11.9. The van der Waals surface area contributed by atoms with E-state index in [1.165, 1.54) is 4.90 Å². The van der Waals surface area contributed by atoms with Gasteiger partial charge in [0.2, 0.25) is 5.91 Å². The van der Waals surface area contributed by atoms with E-state index in [1.54, 1.807) is 23.7 Å². The zero-order valence-corrected chi connectivity index (χ0v) is 15.9. The molecule has 0 aliphatic rings. The molecule has 0 aliphatic carbocycles. The molecule has 1 N–H and O–H groups in total. The molecule has 0 aromatic heterocycles. The average Bonchev–Trinajstić information content (AvgIpc) is 2.59. The van der Waals surface area contributed by atoms with Gasteiger partial charge in [-0.3, -0.25) is 9.59 Å². The Bertz CT molecular complexity index is 737. The monoisotopic (exact) mass is 356 g/mol. The summed E-state index contributed by atoms with van der Waals surface area (Å²) in [4.78, 5) is 27.3. The van der Waals surface area contributed by atoms with Gasteiger partial charge >= 0.3 is 0 Å². The Balaban J connectivity index is 1.88. The minimum absolute atomic E-state index is 0.00871. The van der Waals surface area contributed by atoms with Crippen LogP contribution >= 0.6 is 11.8 Å². The lowest BCUT2D eigenvalue weighted by Gasteiger charge is -2.18. The summed E-state index contributed by atoms with van der Waals surface area (Å²) in [6.45, 7) is 4.41. The fourth-order valence-electron chi connectivity index (χ4n) is 2.59. The summed E-state index contributed by atoms with van der Waals surface area (Å²) in [5.41, 5.74) is 3.71. The third-order valence-electron chi connectivity index (χ3n) is 3.89. The molecule has 5 heteroatoms. The number of rotatable bonds is 6. The van der Waals surface area contributed by atoms with E-state index in [0.29, 0.717) is 12.1 Å². The van der Waals surface area contributed by atoms with Crippen molar-refractivity contribution >= 4 is 23.6 Å². The molecule has 0 radical (unpaired) electrons. The molecule has 132 valence electrons. The number of hydrogen-bond donors (Lipinski definition) is 1. The van der Waals surface area contributed by atoms with Crippen LogP contribution in [0.4, 0.5) is 0 Å². The highest BCUT2D eigenvalue weighted by Gasteiger charge is 2.12. The van der Waals surface area contributed by atoms with E-state index in [0.717, 1.165) is 16.7 Å². The van der Waals surface area contributed by atoms with Gasteiger partial charge in [0.1, 0.15) is 0 Å². The van der Waals surface area contributed by atoms with Crippen LogP contribution in [0.3, 0.4) is 0 Å². The van der Waals surface area contributed by atoms with Gasteiger partial charge in [-0.1, -0.05) is 29.3 Å². The molecule has 0 atom stereocenters. The summed E-state index contributed by atoms with van der Waals surface area (Å²) in [5.74, 6) is -0.343. The van der Waals surface area contributed by atoms with Gasteiger partial charge in [0.15, 0.2) is 0 Å². The summed E-state index contributed by atoms with van der Waals surface area (Å²) >= 11 is 1.69. The lowest BCUT2D eigenvalue weighted by Crippen LogP contribution is -2.37. The molecule has 2 aromatic rings. The molecule has 0 saturated heterocycles. The number of likely N-dealkylation sites (N-methyl/N-ethyl adjacent to an activating group) is 1. The van der Waals surface area contributed by atoms with Crippen molar-refractivity contribution in [1.29, 1.82) is 0 Å². The fraction of sp³-hybridized carbons (Fsp3) is 0.300. The fourth-order valence-corrected chi connectivity index (χ4v) is 3.00. The number of carbonyl (C=O) groups is 2. The first-order valence-corrected chi connectivity index (χ1v) is 9.35. The van der Waals surface area contributed by atoms with Crippen molar-refractivity contribution in [1.82, 2.24) is 10.2 Å². The molecular weight excluding hydrogens is 332 g/mol. The van der Waals surface area contributed by atoms with Crippen LogP contribution in [0, 0.1) is 13.8 Å². The molecule has 0 unspecified atom stereocenters. The molecule has 2 amide bonds. The number of nitrogens with zero attached hydrogens (tertiary/aromatic N) is 1. The van der Waals surface area contributed by atoms with Crippen LogP contribution in [0.1, 0.15) is 27.0 Å². The Morgan fingerprint density at radius 3 is 2.20 bits per heavy atom. The van der Waals surface area contributed by atoms with Crippen molar-refractivity contribution < 1.29 is 9.59 Å². The zero-order chi connectivity index (χ0) is 18.4. The molecule has 0 aliphatic heterocycles. The minimum atomic E-state index is -0.224. The van der Waals surface area contributed by atoms with E-state index in [2.05, 4.69) is 5.32 Å². The Labute approximate surface area is 153 Å². The topological polar surface area (TPSA) is 49.4 Å². The van der Waals surface area contributed by atoms with Gasteiger partial charge in [-0.15, -0.1) is 11.8 Å². The van der Waals surface area contributed by atoms with Gasteiger partial charge < -0.3 is 10.2 Å². The van der Waals surface area contributed by atoms with Crippen LogP contribution in [-0.4, -0.2) is 36.6 Å². The zero-order valence-electron chi connectivity index (χ0n) is 15.1. The number of benzene rings is 2. The highest BCUT2D eigenvalue weighted by Crippen LogP contribution is 2.15. The van der Waals surface area contributed by atoms with Crippen LogP contribution in [0.25, 0.3) is 0 Å². The quantitative estimate of drug-likeness (QED) is 0.807. The van der Waals surface area contributed by atoms with E-state index in [4.69, 9.17) is 0 Å². The summed E-state index contributed by atoms with van der Waals surface area (Å²) in [7, 11) is 1.74. The normalized spacial score (nSPS) is 10.4. The molecule has 0 heterocycles. The molecule has 4 nitrogen and oxygen atoms in total. The van der Waals surface area contributed by atoms with Gasteiger partial charge in [0, 0.05) is 24.1 Å². The molecule has 25 heavy (non-hydrogen) atoms. The Kier molecular flexibility index (Phi) is 6.65. The molecule has 0 spiro atoms. The van der Waals surface area contributed by atoms with E-state index in [1.807, 2.05) is 62.6 Å². The number of hydrogen-bond acceptors (Lipinski definition) is 3. The van der Waals surface area contributed by atoms with Crippen molar-refractivity contribution in [2.45, 2.75) is 25.3 Å². The second-order valence-electron chi connectivity index (χ2n) is 6.16. The van der Waals surface area contributed by atoms with Crippen LogP contribution in [0.15, 0.2) is 47.4 Å². The van der Waals surface area contributed by atoms with Gasteiger partial charge in [-0.05, 0) is 49.9 Å². The van der Waals surface area contributed by atoms with Crippen molar-refractivity contribution in [2.24, 2.45) is 0 Å². The third kappa shape index (κ3) is 5.64. The molecule has 0 fully saturated rings. The summed E-state index contributed by atoms with van der Waals surface area (Å²) in [6, 6.07) is 13.8. The third-order valence-corrected chi connectivity index (χ3v) is 4.63. The molecule has 2 aromatic carbocycles. The van der Waals surface area contributed by atoms with Crippen molar-refractivity contribution in [3.63, 3.8) is 0 Å². The maximum Gasteiger partial charge on any atom is 0.251 e. The summed E-state index contributed by atoms with van der Waals surface area (Å²) in [6.07, 6.45) is 2.03. The number of nitrogens with one attached hydrogen (secondary N) is 1. The molecule has 2 rings (SSSR count). The van der Waals surface area contributed by atoms with Crippen LogP contribution in [-0.2, 0) is 11.3 Å². The standard InChI is InChI=1S/C20H24N2O2S/c1-14-9-15(2)11-17(10-14)20(24)21-12-19(23)22(3)13-16-5-7-18(25-4)8-6-16/h5-11H,12-13H2,1-4H3,(H,21,24). The van der Waals surface area contributed by atoms with Gasteiger partial charge in [-0.2, -0.15) is 0 Å². The molecular formula is C20H24N2O2S.